The highest BCUT2D eigenvalue weighted by molar-refractivity contribution is 5.79. The van der Waals surface area contributed by atoms with E-state index in [4.69, 9.17) is 4.74 Å². The molecule has 0 spiro atoms. The monoisotopic (exact) mass is 285 g/mol. The number of pyridine rings is 1. The lowest BCUT2D eigenvalue weighted by molar-refractivity contribution is -0.0880. The lowest BCUT2D eigenvalue weighted by atomic mass is 9.80. The summed E-state index contributed by atoms with van der Waals surface area (Å²) < 4.78 is 6.11. The van der Waals surface area contributed by atoms with Gasteiger partial charge in [-0.1, -0.05) is 12.1 Å². The molecule has 3 rings (SSSR count). The highest BCUT2D eigenvalue weighted by Crippen LogP contribution is 2.47. The zero-order chi connectivity index (χ0) is 15.3. The smallest absolute Gasteiger partial charge is 0.0846 e. The third-order valence-corrected chi connectivity index (χ3v) is 4.49. The molecule has 1 fully saturated rings. The molecule has 0 radical (unpaired) electrons. The number of aliphatic hydroxyl groups excluding tert-OH is 1. The second-order valence-corrected chi connectivity index (χ2v) is 7.18. The molecule has 0 saturated carbocycles. The molecule has 112 valence electrons. The van der Waals surface area contributed by atoms with Crippen molar-refractivity contribution in [3.63, 3.8) is 0 Å². The number of benzene rings is 1. The predicted molar refractivity (Wildman–Crippen MR) is 84.1 cm³/mol. The first-order valence-electron chi connectivity index (χ1n) is 7.51. The van der Waals surface area contributed by atoms with E-state index in [1.165, 1.54) is 0 Å². The van der Waals surface area contributed by atoms with Crippen LogP contribution in [0.1, 0.15) is 45.8 Å². The zero-order valence-corrected chi connectivity index (χ0v) is 13.1. The first-order chi connectivity index (χ1) is 9.78. The van der Waals surface area contributed by atoms with Crippen molar-refractivity contribution in [3.05, 3.63) is 42.1 Å². The second-order valence-electron chi connectivity index (χ2n) is 7.18. The molecule has 3 nitrogen and oxygen atoms in total. The van der Waals surface area contributed by atoms with Gasteiger partial charge in [0, 0.05) is 17.5 Å². The molecule has 1 aliphatic heterocycles. The number of hydrogen-bond acceptors (Lipinski definition) is 3. The third kappa shape index (κ3) is 2.68. The Kier molecular flexibility index (Phi) is 3.30. The van der Waals surface area contributed by atoms with E-state index in [-0.39, 0.29) is 17.1 Å². The summed E-state index contributed by atoms with van der Waals surface area (Å²) in [5.74, 6) is 0.0848. The van der Waals surface area contributed by atoms with Gasteiger partial charge in [-0.25, -0.2) is 0 Å². The number of fused-ring (bicyclic) bond motifs is 1. The fourth-order valence-electron chi connectivity index (χ4n) is 3.61. The maximum absolute atomic E-state index is 10.8. The van der Waals surface area contributed by atoms with Crippen LogP contribution < -0.4 is 0 Å². The summed E-state index contributed by atoms with van der Waals surface area (Å²) in [5.41, 5.74) is 1.38. The Labute approximate surface area is 126 Å². The van der Waals surface area contributed by atoms with Crippen LogP contribution in [-0.4, -0.2) is 21.3 Å². The normalized spacial score (nSPS) is 25.1. The Morgan fingerprint density at radius 1 is 1.24 bits per heavy atom. The predicted octanol–water partition coefficient (Wildman–Crippen LogP) is 3.86. The second kappa shape index (κ2) is 4.79. The lowest BCUT2D eigenvalue weighted by Gasteiger charge is -2.30. The number of hydrogen-bond donors (Lipinski definition) is 1. The van der Waals surface area contributed by atoms with Gasteiger partial charge in [0.15, 0.2) is 0 Å². The van der Waals surface area contributed by atoms with Crippen molar-refractivity contribution in [1.29, 1.82) is 0 Å². The van der Waals surface area contributed by atoms with E-state index in [0.29, 0.717) is 0 Å². The minimum Gasteiger partial charge on any atom is -0.388 e. The van der Waals surface area contributed by atoms with E-state index in [0.717, 1.165) is 22.9 Å². The molecule has 1 aromatic heterocycles. The van der Waals surface area contributed by atoms with Gasteiger partial charge < -0.3 is 9.84 Å². The molecule has 2 aromatic rings. The van der Waals surface area contributed by atoms with Crippen LogP contribution in [0.25, 0.3) is 10.9 Å². The quantitative estimate of drug-likeness (QED) is 0.911. The largest absolute Gasteiger partial charge is 0.388 e. The van der Waals surface area contributed by atoms with Crippen LogP contribution in [-0.2, 0) is 4.74 Å². The van der Waals surface area contributed by atoms with Gasteiger partial charge >= 0.3 is 0 Å². The molecular weight excluding hydrogens is 262 g/mol. The van der Waals surface area contributed by atoms with E-state index in [9.17, 15) is 5.11 Å². The standard InChI is InChI=1S/C18H23NO2/c1-17(2)11-14(18(3,4)21-17)16(20)13-7-8-15-12(10-13)6-5-9-19-15/h5-10,14,16,20H,11H2,1-4H3. The SMILES string of the molecule is CC1(C)CC(C(O)c2ccc3ncccc3c2)C(C)(C)O1. The van der Waals surface area contributed by atoms with Gasteiger partial charge in [-0.3, -0.25) is 4.98 Å². The van der Waals surface area contributed by atoms with Crippen LogP contribution in [0.15, 0.2) is 36.5 Å². The topological polar surface area (TPSA) is 42.4 Å². The highest BCUT2D eigenvalue weighted by atomic mass is 16.5. The van der Waals surface area contributed by atoms with Gasteiger partial charge in [0.2, 0.25) is 0 Å². The first kappa shape index (κ1) is 14.5. The van der Waals surface area contributed by atoms with Crippen molar-refractivity contribution in [3.8, 4) is 0 Å². The lowest BCUT2D eigenvalue weighted by Crippen LogP contribution is -2.32. The van der Waals surface area contributed by atoms with Gasteiger partial charge in [-0.15, -0.1) is 0 Å². The third-order valence-electron chi connectivity index (χ3n) is 4.49. The Morgan fingerprint density at radius 3 is 2.67 bits per heavy atom. The zero-order valence-electron chi connectivity index (χ0n) is 13.1. The van der Waals surface area contributed by atoms with Crippen molar-refractivity contribution < 1.29 is 9.84 Å². The minimum atomic E-state index is -0.522. The summed E-state index contributed by atoms with van der Waals surface area (Å²) >= 11 is 0. The summed E-state index contributed by atoms with van der Waals surface area (Å²) in [6.07, 6.45) is 2.12. The minimum absolute atomic E-state index is 0.0848. The van der Waals surface area contributed by atoms with Crippen molar-refractivity contribution in [2.75, 3.05) is 0 Å². The van der Waals surface area contributed by atoms with E-state index in [1.54, 1.807) is 6.20 Å². The average molecular weight is 285 g/mol. The van der Waals surface area contributed by atoms with Crippen molar-refractivity contribution in [1.82, 2.24) is 4.98 Å². The molecular formula is C18H23NO2. The Morgan fingerprint density at radius 2 is 2.00 bits per heavy atom. The average Bonchev–Trinajstić information content (AvgIpc) is 2.65. The molecule has 3 heteroatoms. The van der Waals surface area contributed by atoms with Crippen LogP contribution in [0.5, 0.6) is 0 Å². The van der Waals surface area contributed by atoms with Crippen molar-refractivity contribution in [2.45, 2.75) is 51.4 Å². The fourth-order valence-corrected chi connectivity index (χ4v) is 3.61. The molecule has 2 atom stereocenters. The first-order valence-corrected chi connectivity index (χ1v) is 7.51. The van der Waals surface area contributed by atoms with E-state index >= 15 is 0 Å². The number of aliphatic hydroxyl groups is 1. The van der Waals surface area contributed by atoms with Crippen LogP contribution in [0.2, 0.25) is 0 Å². The van der Waals surface area contributed by atoms with E-state index < -0.39 is 6.10 Å². The molecule has 0 aliphatic carbocycles. The molecule has 0 bridgehead atoms. The van der Waals surface area contributed by atoms with Gasteiger partial charge in [-0.2, -0.15) is 0 Å². The van der Waals surface area contributed by atoms with Gasteiger partial charge in [0.1, 0.15) is 0 Å². The fraction of sp³-hybridized carbons (Fsp3) is 0.500. The summed E-state index contributed by atoms with van der Waals surface area (Å²) in [7, 11) is 0. The maximum atomic E-state index is 10.8. The van der Waals surface area contributed by atoms with Gasteiger partial charge in [0.05, 0.1) is 22.8 Å². The summed E-state index contributed by atoms with van der Waals surface area (Å²) in [5, 5.41) is 11.9. The van der Waals surface area contributed by atoms with E-state index in [2.05, 4.69) is 32.7 Å². The van der Waals surface area contributed by atoms with Crippen molar-refractivity contribution in [2.24, 2.45) is 5.92 Å². The van der Waals surface area contributed by atoms with Crippen LogP contribution in [0, 0.1) is 5.92 Å². The highest BCUT2D eigenvalue weighted by Gasteiger charge is 2.49. The Hall–Kier alpha value is -1.45. The molecule has 1 N–H and O–H groups in total. The molecule has 1 aliphatic rings. The number of nitrogens with zero attached hydrogens (tertiary/aromatic N) is 1. The van der Waals surface area contributed by atoms with Gasteiger partial charge in [-0.05, 0) is 57.9 Å². The summed E-state index contributed by atoms with van der Waals surface area (Å²) in [6, 6.07) is 9.93. The molecule has 2 heterocycles. The summed E-state index contributed by atoms with van der Waals surface area (Å²) in [4.78, 5) is 4.32. The molecule has 2 unspecified atom stereocenters. The number of rotatable bonds is 2. The van der Waals surface area contributed by atoms with Crippen LogP contribution >= 0.6 is 0 Å². The number of aromatic nitrogens is 1. The van der Waals surface area contributed by atoms with E-state index in [1.807, 2.05) is 30.3 Å². The number of ether oxygens (including phenoxy) is 1. The molecule has 1 aromatic carbocycles. The maximum Gasteiger partial charge on any atom is 0.0846 e. The molecule has 1 saturated heterocycles. The molecule has 21 heavy (non-hydrogen) atoms. The Balaban J connectivity index is 1.95. The summed E-state index contributed by atoms with van der Waals surface area (Å²) in [6.45, 7) is 8.31. The molecule has 0 amide bonds. The van der Waals surface area contributed by atoms with Crippen LogP contribution in [0.4, 0.5) is 0 Å². The Bertz CT molecular complexity index is 663. The van der Waals surface area contributed by atoms with Crippen molar-refractivity contribution >= 4 is 10.9 Å². The van der Waals surface area contributed by atoms with Crippen LogP contribution in [0.3, 0.4) is 0 Å². The van der Waals surface area contributed by atoms with Gasteiger partial charge in [0.25, 0.3) is 0 Å².